The standard InChI is InChI=1S/C16H25N3O3S/c1-3-19(4-2)23(21,22)17-15-11-8-12-18(13-15)16(20)14-9-6-5-7-10-14/h5-7,9-10,15,17H,3-4,8,11-13H2,1-2H3/t15-/m0/s1. The summed E-state index contributed by atoms with van der Waals surface area (Å²) in [7, 11) is -3.49. The van der Waals surface area contributed by atoms with Gasteiger partial charge in [-0.2, -0.15) is 17.4 Å². The van der Waals surface area contributed by atoms with Crippen LogP contribution in [0.3, 0.4) is 0 Å². The minimum Gasteiger partial charge on any atom is -0.337 e. The lowest BCUT2D eigenvalue weighted by Crippen LogP contribution is -2.52. The van der Waals surface area contributed by atoms with Gasteiger partial charge in [0.1, 0.15) is 0 Å². The molecule has 0 bridgehead atoms. The molecule has 0 aliphatic carbocycles. The molecule has 2 rings (SSSR count). The second kappa shape index (κ2) is 7.90. The SMILES string of the molecule is CCN(CC)S(=O)(=O)N[C@H]1CCCN(C(=O)c2ccccc2)C1. The van der Waals surface area contributed by atoms with Crippen LogP contribution in [0.4, 0.5) is 0 Å². The van der Waals surface area contributed by atoms with Crippen LogP contribution in [-0.2, 0) is 10.2 Å². The minimum absolute atomic E-state index is 0.0441. The predicted molar refractivity (Wildman–Crippen MR) is 90.3 cm³/mol. The molecule has 6 nitrogen and oxygen atoms in total. The lowest BCUT2D eigenvalue weighted by Gasteiger charge is -2.34. The van der Waals surface area contributed by atoms with Gasteiger partial charge in [-0.25, -0.2) is 0 Å². The van der Waals surface area contributed by atoms with Crippen molar-refractivity contribution < 1.29 is 13.2 Å². The number of carbonyl (C=O) groups excluding carboxylic acids is 1. The molecule has 1 aliphatic rings. The monoisotopic (exact) mass is 339 g/mol. The van der Waals surface area contributed by atoms with Crippen LogP contribution in [0.5, 0.6) is 0 Å². The highest BCUT2D eigenvalue weighted by molar-refractivity contribution is 7.87. The van der Waals surface area contributed by atoms with Crippen molar-refractivity contribution in [3.63, 3.8) is 0 Å². The van der Waals surface area contributed by atoms with Crippen LogP contribution in [0.1, 0.15) is 37.0 Å². The van der Waals surface area contributed by atoms with Crippen molar-refractivity contribution in [2.75, 3.05) is 26.2 Å². The van der Waals surface area contributed by atoms with Crippen molar-refractivity contribution in [3.8, 4) is 0 Å². The topological polar surface area (TPSA) is 69.7 Å². The van der Waals surface area contributed by atoms with Crippen LogP contribution >= 0.6 is 0 Å². The van der Waals surface area contributed by atoms with E-state index < -0.39 is 10.2 Å². The third kappa shape index (κ3) is 4.53. The summed E-state index contributed by atoms with van der Waals surface area (Å²) in [5, 5.41) is 0. The maximum Gasteiger partial charge on any atom is 0.279 e. The molecule has 1 saturated heterocycles. The lowest BCUT2D eigenvalue weighted by atomic mass is 10.1. The number of hydrogen-bond acceptors (Lipinski definition) is 3. The van der Waals surface area contributed by atoms with Gasteiger partial charge in [0.25, 0.3) is 16.1 Å². The highest BCUT2D eigenvalue weighted by Gasteiger charge is 2.29. The number of piperidine rings is 1. The molecule has 1 N–H and O–H groups in total. The van der Waals surface area contributed by atoms with Gasteiger partial charge in [0.2, 0.25) is 0 Å². The number of nitrogens with one attached hydrogen (secondary N) is 1. The van der Waals surface area contributed by atoms with E-state index >= 15 is 0 Å². The molecule has 0 aromatic heterocycles. The molecule has 128 valence electrons. The molecule has 1 atom stereocenters. The highest BCUT2D eigenvalue weighted by atomic mass is 32.2. The van der Waals surface area contributed by atoms with Gasteiger partial charge >= 0.3 is 0 Å². The van der Waals surface area contributed by atoms with Crippen LogP contribution in [-0.4, -0.2) is 55.8 Å². The van der Waals surface area contributed by atoms with Gasteiger partial charge < -0.3 is 4.90 Å². The van der Waals surface area contributed by atoms with Crippen LogP contribution in [0.2, 0.25) is 0 Å². The van der Waals surface area contributed by atoms with Gasteiger partial charge in [0, 0.05) is 37.8 Å². The second-order valence-corrected chi connectivity index (χ2v) is 7.37. The number of carbonyl (C=O) groups is 1. The normalized spacial score (nSPS) is 19.1. The number of amides is 1. The van der Waals surface area contributed by atoms with E-state index in [1.165, 1.54) is 4.31 Å². The summed E-state index contributed by atoms with van der Waals surface area (Å²) in [6.07, 6.45) is 1.54. The van der Waals surface area contributed by atoms with Crippen molar-refractivity contribution in [2.24, 2.45) is 0 Å². The zero-order valence-electron chi connectivity index (χ0n) is 13.7. The molecule has 1 aromatic rings. The van der Waals surface area contributed by atoms with Gasteiger partial charge in [-0.05, 0) is 25.0 Å². The van der Waals surface area contributed by atoms with Crippen molar-refractivity contribution >= 4 is 16.1 Å². The maximum atomic E-state index is 12.5. The first-order chi connectivity index (χ1) is 11.0. The molecule has 0 radical (unpaired) electrons. The molecule has 23 heavy (non-hydrogen) atoms. The van der Waals surface area contributed by atoms with Gasteiger partial charge in [-0.1, -0.05) is 32.0 Å². The highest BCUT2D eigenvalue weighted by Crippen LogP contribution is 2.15. The lowest BCUT2D eigenvalue weighted by molar-refractivity contribution is 0.0702. The Kier molecular flexibility index (Phi) is 6.15. The second-order valence-electron chi connectivity index (χ2n) is 5.66. The Labute approximate surface area is 138 Å². The number of hydrogen-bond donors (Lipinski definition) is 1. The first kappa shape index (κ1) is 17.9. The van der Waals surface area contributed by atoms with E-state index in [9.17, 15) is 13.2 Å². The first-order valence-electron chi connectivity index (χ1n) is 8.09. The molecule has 1 amide bonds. The fourth-order valence-corrected chi connectivity index (χ4v) is 4.31. The van der Waals surface area contributed by atoms with Crippen LogP contribution in [0.25, 0.3) is 0 Å². The van der Waals surface area contributed by atoms with E-state index in [4.69, 9.17) is 0 Å². The number of nitrogens with zero attached hydrogens (tertiary/aromatic N) is 2. The average Bonchev–Trinajstić information content (AvgIpc) is 2.55. The first-order valence-corrected chi connectivity index (χ1v) is 9.53. The van der Waals surface area contributed by atoms with Gasteiger partial charge in [-0.3, -0.25) is 4.79 Å². The van der Waals surface area contributed by atoms with E-state index in [0.29, 0.717) is 31.7 Å². The zero-order valence-corrected chi connectivity index (χ0v) is 14.6. The Morgan fingerprint density at radius 1 is 1.26 bits per heavy atom. The summed E-state index contributed by atoms with van der Waals surface area (Å²) >= 11 is 0. The molecule has 0 unspecified atom stereocenters. The van der Waals surface area contributed by atoms with Crippen LogP contribution in [0, 0.1) is 0 Å². The molecule has 0 saturated carbocycles. The summed E-state index contributed by atoms with van der Waals surface area (Å²) in [4.78, 5) is 14.2. The largest absolute Gasteiger partial charge is 0.337 e. The number of likely N-dealkylation sites (tertiary alicyclic amines) is 1. The Balaban J connectivity index is 2.02. The third-order valence-corrected chi connectivity index (χ3v) is 5.92. The summed E-state index contributed by atoms with van der Waals surface area (Å²) in [5.74, 6) is -0.0441. The van der Waals surface area contributed by atoms with Crippen molar-refractivity contribution in [1.29, 1.82) is 0 Å². The minimum atomic E-state index is -3.49. The van der Waals surface area contributed by atoms with Gasteiger partial charge in [-0.15, -0.1) is 0 Å². The average molecular weight is 339 g/mol. The molecule has 1 fully saturated rings. The Hall–Kier alpha value is -1.44. The molecule has 1 aliphatic heterocycles. The summed E-state index contributed by atoms with van der Waals surface area (Å²) in [6, 6.07) is 8.86. The third-order valence-electron chi connectivity index (χ3n) is 4.09. The Morgan fingerprint density at radius 2 is 1.91 bits per heavy atom. The molecule has 7 heteroatoms. The van der Waals surface area contributed by atoms with Crippen LogP contribution in [0.15, 0.2) is 30.3 Å². The van der Waals surface area contributed by atoms with Crippen molar-refractivity contribution in [1.82, 2.24) is 13.9 Å². The molecule has 0 spiro atoms. The number of rotatable bonds is 6. The van der Waals surface area contributed by atoms with E-state index in [2.05, 4.69) is 4.72 Å². The van der Waals surface area contributed by atoms with E-state index in [1.807, 2.05) is 32.0 Å². The summed E-state index contributed by atoms with van der Waals surface area (Å²) in [5.41, 5.74) is 0.639. The summed E-state index contributed by atoms with van der Waals surface area (Å²) < 4.78 is 28.8. The van der Waals surface area contributed by atoms with Gasteiger partial charge in [0.15, 0.2) is 0 Å². The van der Waals surface area contributed by atoms with Crippen molar-refractivity contribution in [3.05, 3.63) is 35.9 Å². The van der Waals surface area contributed by atoms with Gasteiger partial charge in [0.05, 0.1) is 0 Å². The molecule has 1 heterocycles. The molecule has 1 aromatic carbocycles. The van der Waals surface area contributed by atoms with Crippen molar-refractivity contribution in [2.45, 2.75) is 32.7 Å². The van der Waals surface area contributed by atoms with Crippen LogP contribution < -0.4 is 4.72 Å². The quantitative estimate of drug-likeness (QED) is 0.853. The zero-order chi connectivity index (χ0) is 16.9. The fourth-order valence-electron chi connectivity index (χ4n) is 2.87. The van der Waals surface area contributed by atoms with E-state index in [0.717, 1.165) is 12.8 Å². The number of benzene rings is 1. The molecular weight excluding hydrogens is 314 g/mol. The predicted octanol–water partition coefficient (Wildman–Crippen LogP) is 1.47. The fraction of sp³-hybridized carbons (Fsp3) is 0.562. The molecular formula is C16H25N3O3S. The Morgan fingerprint density at radius 3 is 2.52 bits per heavy atom. The van der Waals surface area contributed by atoms with E-state index in [1.54, 1.807) is 17.0 Å². The summed E-state index contributed by atoms with van der Waals surface area (Å²) in [6.45, 7) is 5.57. The van der Waals surface area contributed by atoms with E-state index in [-0.39, 0.29) is 11.9 Å². The smallest absolute Gasteiger partial charge is 0.279 e. The maximum absolute atomic E-state index is 12.5. The Bertz CT molecular complexity index is 615.